The lowest BCUT2D eigenvalue weighted by Gasteiger charge is -2.16. The lowest BCUT2D eigenvalue weighted by atomic mass is 9.88. The number of aromatic nitrogens is 4. The van der Waals surface area contributed by atoms with Gasteiger partial charge < -0.3 is 4.42 Å². The van der Waals surface area contributed by atoms with Gasteiger partial charge in [-0.2, -0.15) is 5.26 Å². The number of oxazole rings is 1. The maximum atomic E-state index is 9.83. The summed E-state index contributed by atoms with van der Waals surface area (Å²) in [7, 11) is 0. The third-order valence-corrected chi connectivity index (χ3v) is 10.4. The SMILES string of the molecule is N#Cc1ccccc1-c1cccc(-c2nc(-c3ccccc3)nc(-c3cccc(-c4ccccc4-c4ccccc4-c4cccc(-c5nc6ccccc6o5)c4)c3)n2)c1. The first-order valence-electron chi connectivity index (χ1n) is 19.4. The first kappa shape index (κ1) is 35.2. The molecule has 0 bridgehead atoms. The van der Waals surface area contributed by atoms with Crippen LogP contribution in [0.25, 0.3) is 101 Å². The monoisotopic (exact) mass is 755 g/mol. The number of rotatable bonds is 8. The first-order chi connectivity index (χ1) is 29.2. The summed E-state index contributed by atoms with van der Waals surface area (Å²) in [5.74, 6) is 2.28. The smallest absolute Gasteiger partial charge is 0.227 e. The normalized spacial score (nSPS) is 11.0. The van der Waals surface area contributed by atoms with Gasteiger partial charge in [-0.15, -0.1) is 0 Å². The van der Waals surface area contributed by atoms with E-state index in [2.05, 4.69) is 91.0 Å². The van der Waals surface area contributed by atoms with E-state index in [1.807, 2.05) is 115 Å². The van der Waals surface area contributed by atoms with Crippen molar-refractivity contribution in [3.8, 4) is 96.2 Å². The van der Waals surface area contributed by atoms with Crippen LogP contribution in [0.3, 0.4) is 0 Å². The number of nitrogens with zero attached hydrogens (tertiary/aromatic N) is 5. The molecule has 0 aliphatic carbocycles. The van der Waals surface area contributed by atoms with E-state index < -0.39 is 0 Å². The molecule has 0 saturated heterocycles. The van der Waals surface area contributed by atoms with Gasteiger partial charge in [-0.3, -0.25) is 0 Å². The van der Waals surface area contributed by atoms with Crippen LogP contribution in [0.1, 0.15) is 5.56 Å². The zero-order valence-electron chi connectivity index (χ0n) is 31.7. The van der Waals surface area contributed by atoms with Crippen molar-refractivity contribution in [1.29, 1.82) is 5.26 Å². The topological polar surface area (TPSA) is 88.5 Å². The Balaban J connectivity index is 1.06. The predicted molar refractivity (Wildman–Crippen MR) is 236 cm³/mol. The summed E-state index contributed by atoms with van der Waals surface area (Å²) in [6.45, 7) is 0. The van der Waals surface area contributed by atoms with Gasteiger partial charge in [0.05, 0.1) is 11.6 Å². The van der Waals surface area contributed by atoms with Gasteiger partial charge in [-0.1, -0.05) is 158 Å². The Morgan fingerprint density at radius 1 is 0.339 bits per heavy atom. The highest BCUT2D eigenvalue weighted by atomic mass is 16.3. The molecule has 0 unspecified atom stereocenters. The molecule has 0 amide bonds. The molecule has 0 N–H and O–H groups in total. The molecule has 0 radical (unpaired) electrons. The molecule has 0 saturated carbocycles. The molecule has 59 heavy (non-hydrogen) atoms. The van der Waals surface area contributed by atoms with Crippen molar-refractivity contribution in [2.75, 3.05) is 0 Å². The van der Waals surface area contributed by atoms with Crippen molar-refractivity contribution in [1.82, 2.24) is 19.9 Å². The lowest BCUT2D eigenvalue weighted by Crippen LogP contribution is -2.00. The van der Waals surface area contributed by atoms with Crippen LogP contribution in [0, 0.1) is 11.3 Å². The van der Waals surface area contributed by atoms with Gasteiger partial charge in [0.15, 0.2) is 23.1 Å². The molecule has 6 heteroatoms. The van der Waals surface area contributed by atoms with Crippen molar-refractivity contribution in [3.63, 3.8) is 0 Å². The first-order valence-corrected chi connectivity index (χ1v) is 19.4. The highest BCUT2D eigenvalue weighted by molar-refractivity contribution is 5.93. The quantitative estimate of drug-likeness (QED) is 0.153. The molecular weight excluding hydrogens is 723 g/mol. The van der Waals surface area contributed by atoms with Crippen molar-refractivity contribution in [2.24, 2.45) is 0 Å². The molecule has 2 heterocycles. The lowest BCUT2D eigenvalue weighted by molar-refractivity contribution is 0.620. The third kappa shape index (κ3) is 6.94. The molecule has 0 aliphatic heterocycles. The Labute approximate surface area is 341 Å². The van der Waals surface area contributed by atoms with Crippen LogP contribution < -0.4 is 0 Å². The summed E-state index contributed by atoms with van der Waals surface area (Å²) in [6.07, 6.45) is 0. The molecule has 8 aromatic carbocycles. The number of hydrogen-bond acceptors (Lipinski definition) is 6. The predicted octanol–water partition coefficient (Wildman–Crippen LogP) is 13.2. The Hall–Kier alpha value is -8.27. The molecule has 0 fully saturated rings. The number of nitriles is 1. The molecule has 0 aliphatic rings. The largest absolute Gasteiger partial charge is 0.436 e. The van der Waals surface area contributed by atoms with Gasteiger partial charge in [0.2, 0.25) is 5.89 Å². The van der Waals surface area contributed by atoms with E-state index in [1.54, 1.807) is 0 Å². The Kier molecular flexibility index (Phi) is 9.14. The van der Waals surface area contributed by atoms with Crippen LogP contribution in [0.4, 0.5) is 0 Å². The third-order valence-electron chi connectivity index (χ3n) is 10.4. The van der Waals surface area contributed by atoms with Crippen LogP contribution in [0.2, 0.25) is 0 Å². The van der Waals surface area contributed by atoms with Crippen LogP contribution in [0.5, 0.6) is 0 Å². The molecule has 6 nitrogen and oxygen atoms in total. The number of para-hydroxylation sites is 2. The number of benzene rings is 8. The second-order valence-electron chi connectivity index (χ2n) is 14.1. The Morgan fingerprint density at radius 2 is 0.763 bits per heavy atom. The summed E-state index contributed by atoms with van der Waals surface area (Å²) in [4.78, 5) is 19.9. The molecular formula is C53H33N5O. The highest BCUT2D eigenvalue weighted by Crippen LogP contribution is 2.40. The van der Waals surface area contributed by atoms with E-state index in [9.17, 15) is 5.26 Å². The van der Waals surface area contributed by atoms with Gasteiger partial charge >= 0.3 is 0 Å². The second kappa shape index (κ2) is 15.3. The standard InChI is InChI=1S/C53H33N5O/c54-34-42-17-4-5-24-43(42)36-18-12-21-39(31-36)51-56-50(35-15-2-1-3-16-35)57-52(58-51)40-22-13-19-37(32-40)44-25-6-8-27-46(44)47-28-9-7-26-45(47)38-20-14-23-41(33-38)53-55-48-29-10-11-30-49(48)59-53/h1-33H. The van der Waals surface area contributed by atoms with Crippen molar-refractivity contribution in [3.05, 3.63) is 206 Å². The number of fused-ring (bicyclic) bond motifs is 1. The highest BCUT2D eigenvalue weighted by Gasteiger charge is 2.17. The maximum absolute atomic E-state index is 9.83. The molecule has 2 aromatic heterocycles. The van der Waals surface area contributed by atoms with Crippen molar-refractivity contribution < 1.29 is 4.42 Å². The average molecular weight is 756 g/mol. The minimum Gasteiger partial charge on any atom is -0.436 e. The molecule has 10 rings (SSSR count). The summed E-state index contributed by atoms with van der Waals surface area (Å²) in [5, 5.41) is 9.83. The van der Waals surface area contributed by atoms with Crippen LogP contribution in [-0.2, 0) is 0 Å². The van der Waals surface area contributed by atoms with Gasteiger partial charge in [-0.05, 0) is 87.0 Å². The van der Waals surface area contributed by atoms with Gasteiger partial charge in [0.1, 0.15) is 5.52 Å². The molecule has 0 atom stereocenters. The van der Waals surface area contributed by atoms with E-state index in [0.29, 0.717) is 28.9 Å². The van der Waals surface area contributed by atoms with E-state index >= 15 is 0 Å². The van der Waals surface area contributed by atoms with Crippen LogP contribution in [0.15, 0.2) is 205 Å². The average Bonchev–Trinajstić information content (AvgIpc) is 3.77. The zero-order valence-corrected chi connectivity index (χ0v) is 31.7. The van der Waals surface area contributed by atoms with Gasteiger partial charge in [0, 0.05) is 22.3 Å². The van der Waals surface area contributed by atoms with Gasteiger partial charge in [-0.25, -0.2) is 19.9 Å². The Morgan fingerprint density at radius 3 is 1.36 bits per heavy atom. The van der Waals surface area contributed by atoms with Crippen LogP contribution >= 0.6 is 0 Å². The maximum Gasteiger partial charge on any atom is 0.227 e. The summed E-state index contributed by atoms with van der Waals surface area (Å²) < 4.78 is 6.15. The van der Waals surface area contributed by atoms with E-state index in [-0.39, 0.29) is 0 Å². The minimum atomic E-state index is 0.546. The fraction of sp³-hybridized carbons (Fsp3) is 0. The number of hydrogen-bond donors (Lipinski definition) is 0. The van der Waals surface area contributed by atoms with Crippen molar-refractivity contribution in [2.45, 2.75) is 0 Å². The fourth-order valence-corrected chi connectivity index (χ4v) is 7.59. The summed E-state index contributed by atoms with van der Waals surface area (Å²) >= 11 is 0. The van der Waals surface area contributed by atoms with E-state index in [0.717, 1.165) is 77.9 Å². The summed E-state index contributed by atoms with van der Waals surface area (Å²) in [6, 6.07) is 69.6. The zero-order chi connectivity index (χ0) is 39.5. The molecule has 10 aromatic rings. The summed E-state index contributed by atoms with van der Waals surface area (Å²) in [5.41, 5.74) is 14.0. The van der Waals surface area contributed by atoms with Gasteiger partial charge in [0.25, 0.3) is 0 Å². The van der Waals surface area contributed by atoms with Crippen LogP contribution in [-0.4, -0.2) is 19.9 Å². The fourth-order valence-electron chi connectivity index (χ4n) is 7.59. The van der Waals surface area contributed by atoms with Crippen molar-refractivity contribution >= 4 is 11.1 Å². The van der Waals surface area contributed by atoms with E-state index in [1.165, 1.54) is 0 Å². The molecule has 0 spiro atoms. The Bertz CT molecular complexity index is 3170. The van der Waals surface area contributed by atoms with E-state index in [4.69, 9.17) is 24.4 Å². The molecule has 276 valence electrons. The minimum absolute atomic E-state index is 0.546. The second-order valence-corrected chi connectivity index (χ2v) is 14.1.